The third-order valence-corrected chi connectivity index (χ3v) is 4.09. The van der Waals surface area contributed by atoms with Crippen LogP contribution in [0.5, 0.6) is 0 Å². The molecule has 1 aromatic heterocycles. The zero-order valence-electron chi connectivity index (χ0n) is 12.2. The van der Waals surface area contributed by atoms with Gasteiger partial charge >= 0.3 is 5.97 Å². The van der Waals surface area contributed by atoms with E-state index in [1.54, 1.807) is 0 Å². The van der Waals surface area contributed by atoms with Crippen LogP contribution >= 0.6 is 0 Å². The summed E-state index contributed by atoms with van der Waals surface area (Å²) in [4.78, 5) is 11.0. The predicted octanol–water partition coefficient (Wildman–Crippen LogP) is 1.43. The van der Waals surface area contributed by atoms with E-state index in [-0.39, 0.29) is 24.2 Å². The number of rotatable bonds is 7. The topological polar surface area (TPSA) is 121 Å². The normalized spacial score (nSPS) is 12.0. The highest BCUT2D eigenvalue weighted by molar-refractivity contribution is 7.92. The first-order valence-corrected chi connectivity index (χ1v) is 8.27. The molecule has 2 rings (SSSR count). The summed E-state index contributed by atoms with van der Waals surface area (Å²) in [6.45, 7) is 3.75. The standard InChI is InChI=1S/C13H17N3O5S/c1-8(2)21-5-6-22(19,20)16-9-3-4-10-11(7-9)14-15-12(10)13(17)18/h3-4,7-8,16H,5-6H2,1-2H3,(H,14,15)(H,17,18). The fraction of sp³-hybridized carbons (Fsp3) is 0.385. The minimum atomic E-state index is -3.53. The van der Waals surface area contributed by atoms with Crippen molar-refractivity contribution in [1.82, 2.24) is 10.2 Å². The van der Waals surface area contributed by atoms with Gasteiger partial charge in [-0.3, -0.25) is 9.82 Å². The Balaban J connectivity index is 2.13. The Morgan fingerprint density at radius 3 is 2.82 bits per heavy atom. The number of hydrogen-bond donors (Lipinski definition) is 3. The second kappa shape index (κ2) is 6.32. The molecule has 0 spiro atoms. The highest BCUT2D eigenvalue weighted by Crippen LogP contribution is 2.21. The van der Waals surface area contributed by atoms with Crippen LogP contribution in [0, 0.1) is 0 Å². The number of aromatic carboxylic acids is 1. The highest BCUT2D eigenvalue weighted by Gasteiger charge is 2.15. The van der Waals surface area contributed by atoms with E-state index in [9.17, 15) is 13.2 Å². The zero-order valence-corrected chi connectivity index (χ0v) is 13.0. The van der Waals surface area contributed by atoms with Gasteiger partial charge in [-0.2, -0.15) is 5.10 Å². The quantitative estimate of drug-likeness (QED) is 0.707. The van der Waals surface area contributed by atoms with Crippen LogP contribution in [0.15, 0.2) is 18.2 Å². The van der Waals surface area contributed by atoms with Gasteiger partial charge < -0.3 is 9.84 Å². The number of aromatic amines is 1. The van der Waals surface area contributed by atoms with Crippen LogP contribution in [0.1, 0.15) is 24.3 Å². The van der Waals surface area contributed by atoms with E-state index in [4.69, 9.17) is 9.84 Å². The maximum atomic E-state index is 11.9. The Labute approximate surface area is 127 Å². The van der Waals surface area contributed by atoms with Gasteiger partial charge in [0.05, 0.1) is 29.7 Å². The second-order valence-electron chi connectivity index (χ2n) is 4.98. The van der Waals surface area contributed by atoms with Crippen LogP contribution in [0.4, 0.5) is 5.69 Å². The number of benzene rings is 1. The van der Waals surface area contributed by atoms with Crippen LogP contribution in [0.3, 0.4) is 0 Å². The van der Waals surface area contributed by atoms with Crippen molar-refractivity contribution >= 4 is 32.6 Å². The van der Waals surface area contributed by atoms with Crippen molar-refractivity contribution in [3.63, 3.8) is 0 Å². The molecule has 0 radical (unpaired) electrons. The molecule has 0 atom stereocenters. The maximum absolute atomic E-state index is 11.9. The van der Waals surface area contributed by atoms with Gasteiger partial charge in [0.2, 0.25) is 10.0 Å². The Kier molecular flexibility index (Phi) is 4.67. The minimum Gasteiger partial charge on any atom is -0.476 e. The first-order chi connectivity index (χ1) is 10.3. The SMILES string of the molecule is CC(C)OCCS(=O)(=O)Nc1ccc2c(C(=O)O)n[nH]c2c1. The Hall–Kier alpha value is -2.13. The number of anilines is 1. The summed E-state index contributed by atoms with van der Waals surface area (Å²) in [7, 11) is -3.53. The second-order valence-corrected chi connectivity index (χ2v) is 6.82. The van der Waals surface area contributed by atoms with Crippen LogP contribution in [0.2, 0.25) is 0 Å². The Morgan fingerprint density at radius 2 is 2.18 bits per heavy atom. The molecule has 8 nitrogen and oxygen atoms in total. The summed E-state index contributed by atoms with van der Waals surface area (Å²) in [5.41, 5.74) is 0.670. The lowest BCUT2D eigenvalue weighted by Gasteiger charge is -2.10. The minimum absolute atomic E-state index is 0.0361. The van der Waals surface area contributed by atoms with E-state index in [0.29, 0.717) is 16.6 Å². The molecular weight excluding hydrogens is 310 g/mol. The number of hydrogen-bond acceptors (Lipinski definition) is 5. The van der Waals surface area contributed by atoms with E-state index in [0.717, 1.165) is 0 Å². The number of carboxylic acids is 1. The number of sulfonamides is 1. The summed E-state index contributed by atoms with van der Waals surface area (Å²) in [6, 6.07) is 4.49. The lowest BCUT2D eigenvalue weighted by molar-refractivity contribution is 0.0692. The molecule has 120 valence electrons. The lowest BCUT2D eigenvalue weighted by Crippen LogP contribution is -2.21. The lowest BCUT2D eigenvalue weighted by atomic mass is 10.2. The van der Waals surface area contributed by atoms with Crippen LogP contribution < -0.4 is 4.72 Å². The molecule has 0 amide bonds. The van der Waals surface area contributed by atoms with Crippen LogP contribution in [-0.4, -0.2) is 48.2 Å². The fourth-order valence-electron chi connectivity index (χ4n) is 1.87. The largest absolute Gasteiger partial charge is 0.476 e. The molecular formula is C13H17N3O5S. The van der Waals surface area contributed by atoms with E-state index in [1.165, 1.54) is 18.2 Å². The first-order valence-electron chi connectivity index (χ1n) is 6.62. The van der Waals surface area contributed by atoms with Gasteiger partial charge in [-0.1, -0.05) is 0 Å². The predicted molar refractivity (Wildman–Crippen MR) is 81.6 cm³/mol. The average molecular weight is 327 g/mol. The van der Waals surface area contributed by atoms with Gasteiger partial charge in [0.15, 0.2) is 5.69 Å². The van der Waals surface area contributed by atoms with Gasteiger partial charge in [-0.15, -0.1) is 0 Å². The zero-order chi connectivity index (χ0) is 16.3. The van der Waals surface area contributed by atoms with E-state index in [2.05, 4.69) is 14.9 Å². The molecule has 0 aliphatic carbocycles. The fourth-order valence-corrected chi connectivity index (χ4v) is 2.77. The number of carbonyl (C=O) groups is 1. The van der Waals surface area contributed by atoms with Crippen molar-refractivity contribution in [2.75, 3.05) is 17.1 Å². The molecule has 2 aromatic rings. The molecule has 1 aromatic carbocycles. The molecule has 0 bridgehead atoms. The number of aromatic nitrogens is 2. The van der Waals surface area contributed by atoms with Crippen molar-refractivity contribution in [2.45, 2.75) is 20.0 Å². The van der Waals surface area contributed by atoms with E-state index < -0.39 is 16.0 Å². The third kappa shape index (κ3) is 3.95. The van der Waals surface area contributed by atoms with Crippen molar-refractivity contribution < 1.29 is 23.1 Å². The number of fused-ring (bicyclic) bond motifs is 1. The van der Waals surface area contributed by atoms with Crippen molar-refractivity contribution in [3.05, 3.63) is 23.9 Å². The van der Waals surface area contributed by atoms with Gasteiger partial charge in [-0.25, -0.2) is 13.2 Å². The van der Waals surface area contributed by atoms with Gasteiger partial charge in [-0.05, 0) is 32.0 Å². The van der Waals surface area contributed by atoms with E-state index in [1.807, 2.05) is 13.8 Å². The summed E-state index contributed by atoms with van der Waals surface area (Å²) in [5, 5.41) is 15.6. The molecule has 0 aliphatic heterocycles. The Bertz CT molecular complexity index is 782. The van der Waals surface area contributed by atoms with Crippen molar-refractivity contribution in [2.24, 2.45) is 0 Å². The average Bonchev–Trinajstić information content (AvgIpc) is 2.80. The molecule has 9 heteroatoms. The first kappa shape index (κ1) is 16.2. The molecule has 22 heavy (non-hydrogen) atoms. The monoisotopic (exact) mass is 327 g/mol. The van der Waals surface area contributed by atoms with Crippen molar-refractivity contribution in [3.8, 4) is 0 Å². The van der Waals surface area contributed by atoms with Gasteiger partial charge in [0.25, 0.3) is 0 Å². The molecule has 0 unspecified atom stereocenters. The van der Waals surface area contributed by atoms with Crippen LogP contribution in [0.25, 0.3) is 10.9 Å². The third-order valence-electron chi connectivity index (χ3n) is 2.84. The molecule has 0 aliphatic rings. The molecule has 0 fully saturated rings. The number of ether oxygens (including phenoxy) is 1. The molecule has 1 heterocycles. The van der Waals surface area contributed by atoms with Gasteiger partial charge in [0.1, 0.15) is 0 Å². The molecule has 0 saturated carbocycles. The number of nitrogens with one attached hydrogen (secondary N) is 2. The van der Waals surface area contributed by atoms with Gasteiger partial charge in [0, 0.05) is 5.39 Å². The Morgan fingerprint density at radius 1 is 1.45 bits per heavy atom. The number of H-pyrrole nitrogens is 1. The number of carboxylic acid groups (broad SMARTS) is 1. The highest BCUT2D eigenvalue weighted by atomic mass is 32.2. The van der Waals surface area contributed by atoms with Crippen LogP contribution in [-0.2, 0) is 14.8 Å². The maximum Gasteiger partial charge on any atom is 0.357 e. The summed E-state index contributed by atoms with van der Waals surface area (Å²) in [5.74, 6) is -1.31. The summed E-state index contributed by atoms with van der Waals surface area (Å²) in [6.07, 6.45) is -0.0361. The summed E-state index contributed by atoms with van der Waals surface area (Å²) >= 11 is 0. The number of nitrogens with zero attached hydrogens (tertiary/aromatic N) is 1. The smallest absolute Gasteiger partial charge is 0.357 e. The molecule has 3 N–H and O–H groups in total. The summed E-state index contributed by atoms with van der Waals surface area (Å²) < 4.78 is 31.5. The van der Waals surface area contributed by atoms with Crippen molar-refractivity contribution in [1.29, 1.82) is 0 Å². The molecule has 0 saturated heterocycles. The van der Waals surface area contributed by atoms with E-state index >= 15 is 0 Å².